The highest BCUT2D eigenvalue weighted by atomic mass is 32.2. The fourth-order valence-electron chi connectivity index (χ4n) is 2.18. The minimum absolute atomic E-state index is 0.119. The van der Waals surface area contributed by atoms with E-state index in [-0.39, 0.29) is 17.1 Å². The van der Waals surface area contributed by atoms with Crippen LogP contribution in [-0.4, -0.2) is 26.4 Å². The molecular weight excluding hydrogens is 324 g/mol. The molecule has 0 spiro atoms. The SMILES string of the molecule is CCn1c(COc2ccc(C(C)(C)C)cc2)nnc1SCC(N)=O. The molecule has 0 fully saturated rings. The second-order valence-electron chi connectivity index (χ2n) is 6.46. The number of hydrogen-bond donors (Lipinski definition) is 1. The molecule has 1 heterocycles. The number of carbonyl (C=O) groups excluding carboxylic acids is 1. The summed E-state index contributed by atoms with van der Waals surface area (Å²) in [4.78, 5) is 10.9. The summed E-state index contributed by atoms with van der Waals surface area (Å²) in [5.74, 6) is 1.33. The Balaban J connectivity index is 2.02. The average molecular weight is 348 g/mol. The Morgan fingerprint density at radius 1 is 1.25 bits per heavy atom. The maximum atomic E-state index is 10.9. The Labute approximate surface area is 146 Å². The number of benzene rings is 1. The lowest BCUT2D eigenvalue weighted by Crippen LogP contribution is -2.14. The molecule has 0 atom stereocenters. The fourth-order valence-corrected chi connectivity index (χ4v) is 2.95. The highest BCUT2D eigenvalue weighted by molar-refractivity contribution is 7.99. The van der Waals surface area contributed by atoms with Crippen molar-refractivity contribution in [3.05, 3.63) is 35.7 Å². The molecule has 6 nitrogen and oxygen atoms in total. The molecule has 0 aliphatic rings. The Bertz CT molecular complexity index is 690. The smallest absolute Gasteiger partial charge is 0.227 e. The van der Waals surface area contributed by atoms with Gasteiger partial charge >= 0.3 is 0 Å². The maximum absolute atomic E-state index is 10.9. The second-order valence-corrected chi connectivity index (χ2v) is 7.40. The second kappa shape index (κ2) is 7.70. The van der Waals surface area contributed by atoms with Crippen LogP contribution in [0.2, 0.25) is 0 Å². The number of nitrogens with two attached hydrogens (primary N) is 1. The van der Waals surface area contributed by atoms with Gasteiger partial charge in [0.2, 0.25) is 5.91 Å². The van der Waals surface area contributed by atoms with E-state index < -0.39 is 0 Å². The molecule has 0 bridgehead atoms. The van der Waals surface area contributed by atoms with Crippen molar-refractivity contribution in [3.8, 4) is 5.75 Å². The van der Waals surface area contributed by atoms with Crippen LogP contribution in [0.3, 0.4) is 0 Å². The molecule has 130 valence electrons. The first-order valence-electron chi connectivity index (χ1n) is 7.87. The summed E-state index contributed by atoms with van der Waals surface area (Å²) < 4.78 is 7.74. The summed E-state index contributed by atoms with van der Waals surface area (Å²) in [6, 6.07) is 8.09. The van der Waals surface area contributed by atoms with Crippen LogP contribution in [0.4, 0.5) is 0 Å². The lowest BCUT2D eigenvalue weighted by Gasteiger charge is -2.19. The van der Waals surface area contributed by atoms with Crippen molar-refractivity contribution in [2.75, 3.05) is 5.75 Å². The Kier molecular flexibility index (Phi) is 5.88. The van der Waals surface area contributed by atoms with Gasteiger partial charge in [-0.2, -0.15) is 0 Å². The minimum Gasteiger partial charge on any atom is -0.486 e. The van der Waals surface area contributed by atoms with E-state index in [2.05, 4.69) is 43.1 Å². The molecule has 2 aromatic rings. The summed E-state index contributed by atoms with van der Waals surface area (Å²) in [5.41, 5.74) is 6.55. The molecule has 2 N–H and O–H groups in total. The van der Waals surface area contributed by atoms with Crippen LogP contribution in [0.5, 0.6) is 5.75 Å². The Hall–Kier alpha value is -2.02. The molecule has 2 rings (SSSR count). The van der Waals surface area contributed by atoms with Crippen molar-refractivity contribution >= 4 is 17.7 Å². The van der Waals surface area contributed by atoms with Crippen LogP contribution >= 0.6 is 11.8 Å². The van der Waals surface area contributed by atoms with Crippen LogP contribution in [-0.2, 0) is 23.4 Å². The zero-order chi connectivity index (χ0) is 17.7. The van der Waals surface area contributed by atoms with Gasteiger partial charge in [-0.3, -0.25) is 4.79 Å². The first kappa shape index (κ1) is 18.3. The number of thioether (sulfide) groups is 1. The zero-order valence-corrected chi connectivity index (χ0v) is 15.4. The Morgan fingerprint density at radius 2 is 1.92 bits per heavy atom. The summed E-state index contributed by atoms with van der Waals surface area (Å²) in [7, 11) is 0. The molecule has 0 radical (unpaired) electrons. The van der Waals surface area contributed by atoms with Crippen molar-refractivity contribution in [2.24, 2.45) is 5.73 Å². The van der Waals surface area contributed by atoms with Crippen LogP contribution in [0.1, 0.15) is 39.1 Å². The zero-order valence-electron chi connectivity index (χ0n) is 14.6. The molecule has 24 heavy (non-hydrogen) atoms. The highest BCUT2D eigenvalue weighted by Crippen LogP contribution is 2.25. The van der Waals surface area contributed by atoms with E-state index in [1.807, 2.05) is 23.6 Å². The van der Waals surface area contributed by atoms with Gasteiger partial charge in [-0.1, -0.05) is 44.7 Å². The third-order valence-electron chi connectivity index (χ3n) is 3.54. The van der Waals surface area contributed by atoms with Gasteiger partial charge in [0.15, 0.2) is 11.0 Å². The molecule has 0 saturated carbocycles. The van der Waals surface area contributed by atoms with Crippen molar-refractivity contribution in [1.29, 1.82) is 0 Å². The summed E-state index contributed by atoms with van der Waals surface area (Å²) in [6.45, 7) is 9.56. The molecule has 0 aliphatic carbocycles. The predicted molar refractivity (Wildman–Crippen MR) is 95.1 cm³/mol. The van der Waals surface area contributed by atoms with Gasteiger partial charge in [0.25, 0.3) is 0 Å². The van der Waals surface area contributed by atoms with Gasteiger partial charge in [0, 0.05) is 6.54 Å². The van der Waals surface area contributed by atoms with E-state index in [4.69, 9.17) is 10.5 Å². The van der Waals surface area contributed by atoms with Gasteiger partial charge in [0.1, 0.15) is 12.4 Å². The first-order chi connectivity index (χ1) is 11.3. The van der Waals surface area contributed by atoms with Crippen molar-refractivity contribution in [2.45, 2.75) is 51.4 Å². The van der Waals surface area contributed by atoms with Gasteiger partial charge in [-0.15, -0.1) is 10.2 Å². The predicted octanol–water partition coefficient (Wildman–Crippen LogP) is 2.75. The quantitative estimate of drug-likeness (QED) is 0.778. The average Bonchev–Trinajstić information content (AvgIpc) is 2.92. The normalized spacial score (nSPS) is 11.5. The number of amides is 1. The third kappa shape index (κ3) is 4.74. The lowest BCUT2D eigenvalue weighted by atomic mass is 9.87. The first-order valence-corrected chi connectivity index (χ1v) is 8.86. The number of carbonyl (C=O) groups is 1. The standard InChI is InChI=1S/C17H24N4O2S/c1-5-21-15(19-20-16(21)24-11-14(18)22)10-23-13-8-6-12(7-9-13)17(2,3)4/h6-9H,5,10-11H2,1-4H3,(H2,18,22). The van der Waals surface area contributed by atoms with Gasteiger partial charge in [-0.05, 0) is 30.0 Å². The summed E-state index contributed by atoms with van der Waals surface area (Å²) in [6.07, 6.45) is 0. The molecule has 0 unspecified atom stereocenters. The number of aromatic nitrogens is 3. The molecule has 0 saturated heterocycles. The number of nitrogens with zero attached hydrogens (tertiary/aromatic N) is 3. The number of hydrogen-bond acceptors (Lipinski definition) is 5. The summed E-state index contributed by atoms with van der Waals surface area (Å²) >= 11 is 1.29. The number of ether oxygens (including phenoxy) is 1. The van der Waals surface area contributed by atoms with E-state index in [1.165, 1.54) is 17.3 Å². The Morgan fingerprint density at radius 3 is 2.46 bits per heavy atom. The molecule has 1 aromatic carbocycles. The van der Waals surface area contributed by atoms with Crippen LogP contribution in [0, 0.1) is 0 Å². The largest absolute Gasteiger partial charge is 0.486 e. The molecule has 1 aromatic heterocycles. The molecular formula is C17H24N4O2S. The fraction of sp³-hybridized carbons (Fsp3) is 0.471. The number of primary amides is 1. The van der Waals surface area contributed by atoms with Crippen molar-refractivity contribution in [3.63, 3.8) is 0 Å². The van der Waals surface area contributed by atoms with Crippen LogP contribution in [0.25, 0.3) is 0 Å². The lowest BCUT2D eigenvalue weighted by molar-refractivity contribution is -0.115. The van der Waals surface area contributed by atoms with Gasteiger partial charge < -0.3 is 15.0 Å². The highest BCUT2D eigenvalue weighted by Gasteiger charge is 2.14. The van der Waals surface area contributed by atoms with Crippen LogP contribution < -0.4 is 10.5 Å². The van der Waals surface area contributed by atoms with E-state index >= 15 is 0 Å². The van der Waals surface area contributed by atoms with E-state index in [1.54, 1.807) is 0 Å². The topological polar surface area (TPSA) is 83.0 Å². The molecule has 0 aliphatic heterocycles. The minimum atomic E-state index is -0.373. The number of rotatable bonds is 7. The van der Waals surface area contributed by atoms with E-state index in [9.17, 15) is 4.79 Å². The maximum Gasteiger partial charge on any atom is 0.227 e. The monoisotopic (exact) mass is 348 g/mol. The van der Waals surface area contributed by atoms with Crippen molar-refractivity contribution < 1.29 is 9.53 Å². The molecule has 1 amide bonds. The summed E-state index contributed by atoms with van der Waals surface area (Å²) in [5, 5.41) is 8.94. The third-order valence-corrected chi connectivity index (χ3v) is 4.53. The van der Waals surface area contributed by atoms with Crippen LogP contribution in [0.15, 0.2) is 29.4 Å². The van der Waals surface area contributed by atoms with Gasteiger partial charge in [0.05, 0.1) is 5.75 Å². The molecule has 7 heteroatoms. The van der Waals surface area contributed by atoms with E-state index in [0.717, 1.165) is 11.6 Å². The van der Waals surface area contributed by atoms with E-state index in [0.29, 0.717) is 18.3 Å². The van der Waals surface area contributed by atoms with Crippen molar-refractivity contribution in [1.82, 2.24) is 14.8 Å². The van der Waals surface area contributed by atoms with Gasteiger partial charge in [-0.25, -0.2) is 0 Å².